The van der Waals surface area contributed by atoms with Crippen molar-refractivity contribution in [1.29, 1.82) is 0 Å². The number of hydrogen-bond donors (Lipinski definition) is 0. The molecule has 0 N–H and O–H groups in total. The van der Waals surface area contributed by atoms with Crippen molar-refractivity contribution in [3.05, 3.63) is 39.1 Å². The summed E-state index contributed by atoms with van der Waals surface area (Å²) in [6.45, 7) is 2.26. The van der Waals surface area contributed by atoms with Gasteiger partial charge in [-0.2, -0.15) is 0 Å². The van der Waals surface area contributed by atoms with Gasteiger partial charge in [-0.3, -0.25) is 10.1 Å². The third kappa shape index (κ3) is 3.52. The summed E-state index contributed by atoms with van der Waals surface area (Å²) >= 11 is 0. The van der Waals surface area contributed by atoms with E-state index in [9.17, 15) is 24.1 Å². The Hall–Kier alpha value is -1.21. The predicted octanol–water partition coefficient (Wildman–Crippen LogP) is 2.26. The fourth-order valence-corrected chi connectivity index (χ4v) is 4.81. The van der Waals surface area contributed by atoms with E-state index in [2.05, 4.69) is 0 Å². The average molecular weight is 320 g/mol. The van der Waals surface area contributed by atoms with E-state index in [1.807, 2.05) is 0 Å². The number of rotatable bonds is 4. The van der Waals surface area contributed by atoms with Crippen LogP contribution in [0, 0.1) is 27.0 Å². The molecule has 2 rings (SSSR count). The first kappa shape index (κ1) is 16.2. The lowest BCUT2D eigenvalue weighted by atomic mass is 10.3. The Kier molecular flexibility index (Phi) is 4.83. The summed E-state index contributed by atoms with van der Waals surface area (Å²) in [5.41, 5.74) is -0.607. The first-order chi connectivity index (χ1) is 9.86. The molecule has 21 heavy (non-hydrogen) atoms. The van der Waals surface area contributed by atoms with Gasteiger partial charge in [0.15, 0.2) is 0 Å². The normalized spacial score (nSPS) is 25.8. The molecule has 0 aromatic heterocycles. The Morgan fingerprint density at radius 1 is 1.33 bits per heavy atom. The summed E-state index contributed by atoms with van der Waals surface area (Å²) in [6.07, 6.45) is 0.676. The van der Waals surface area contributed by atoms with Crippen LogP contribution in [-0.4, -0.2) is 41.8 Å². The molecule has 6 nitrogen and oxygen atoms in total. The van der Waals surface area contributed by atoms with E-state index in [-0.39, 0.29) is 25.0 Å². The van der Waals surface area contributed by atoms with E-state index in [1.165, 1.54) is 0 Å². The number of nitro groups is 1. The molecular formula is C12H15F2N2O4P. The monoisotopic (exact) mass is 320 g/mol. The minimum atomic E-state index is -1.18. The maximum atomic E-state index is 14.0. The molecule has 1 fully saturated rings. The summed E-state index contributed by atoms with van der Waals surface area (Å²) in [5, 5.41) is 22.5. The lowest BCUT2D eigenvalue weighted by Crippen LogP contribution is -2.49. The maximum Gasteiger partial charge on any atom is 0.275 e. The molecule has 0 unspecified atom stereocenters. The summed E-state index contributed by atoms with van der Waals surface area (Å²) < 4.78 is 27.9. The zero-order valence-electron chi connectivity index (χ0n) is 11.4. The molecule has 1 aromatic rings. The third-order valence-electron chi connectivity index (χ3n) is 3.31. The smallest absolute Gasteiger partial charge is 0.275 e. The highest BCUT2D eigenvalue weighted by atomic mass is 31.1. The Bertz CT molecular complexity index is 527. The fourth-order valence-electron chi connectivity index (χ4n) is 2.32. The molecule has 0 bridgehead atoms. The van der Waals surface area contributed by atoms with Crippen molar-refractivity contribution in [1.82, 2.24) is 0 Å². The van der Waals surface area contributed by atoms with Crippen LogP contribution < -0.4 is 5.30 Å². The van der Waals surface area contributed by atoms with Gasteiger partial charge in [0.1, 0.15) is 31.3 Å². The molecule has 9 heteroatoms. The van der Waals surface area contributed by atoms with Crippen molar-refractivity contribution >= 4 is 18.9 Å². The Morgan fingerprint density at radius 2 is 1.86 bits per heavy atom. The van der Waals surface area contributed by atoms with Gasteiger partial charge in [0.25, 0.3) is 5.69 Å². The first-order valence-electron chi connectivity index (χ1n) is 6.47. The van der Waals surface area contributed by atoms with Gasteiger partial charge in [-0.15, -0.1) is 0 Å². The Labute approximate surface area is 121 Å². The third-order valence-corrected chi connectivity index (χ3v) is 5.85. The number of nitro benzene ring substituents is 1. The van der Waals surface area contributed by atoms with E-state index in [1.54, 1.807) is 6.92 Å². The fraction of sp³-hybridized carbons (Fsp3) is 0.500. The van der Waals surface area contributed by atoms with Gasteiger partial charge in [-0.05, 0) is 6.92 Å². The minimum absolute atomic E-state index is 0.113. The molecule has 1 saturated heterocycles. The molecule has 0 atom stereocenters. The number of hydroxylamine groups is 4. The zero-order valence-corrected chi connectivity index (χ0v) is 12.3. The van der Waals surface area contributed by atoms with E-state index in [0.29, 0.717) is 12.3 Å². The minimum Gasteiger partial charge on any atom is -0.598 e. The van der Waals surface area contributed by atoms with Crippen LogP contribution in [0.4, 0.5) is 14.5 Å². The van der Waals surface area contributed by atoms with Gasteiger partial charge in [0.05, 0.1) is 17.1 Å². The summed E-state index contributed by atoms with van der Waals surface area (Å²) in [4.78, 5) is 14.0. The van der Waals surface area contributed by atoms with Gasteiger partial charge in [-0.25, -0.2) is 18.4 Å². The molecule has 0 amide bonds. The van der Waals surface area contributed by atoms with Gasteiger partial charge in [-0.1, -0.05) is 7.92 Å². The van der Waals surface area contributed by atoms with Crippen LogP contribution in [0.2, 0.25) is 0 Å². The second kappa shape index (κ2) is 6.27. The van der Waals surface area contributed by atoms with Crippen molar-refractivity contribution < 1.29 is 23.4 Å². The lowest BCUT2D eigenvalue weighted by molar-refractivity contribution is -1.06. The van der Waals surface area contributed by atoms with E-state index in [0.717, 1.165) is 12.1 Å². The SMILES string of the molecule is CCO[N+]1([O-])CCP(c2c(F)cc([N+](=O)[O-])cc2F)CC1. The molecule has 0 spiro atoms. The lowest BCUT2D eigenvalue weighted by Gasteiger charge is -2.43. The van der Waals surface area contributed by atoms with E-state index >= 15 is 0 Å². The van der Waals surface area contributed by atoms with Gasteiger partial charge >= 0.3 is 0 Å². The molecule has 1 aromatic carbocycles. The van der Waals surface area contributed by atoms with Crippen LogP contribution in [0.5, 0.6) is 0 Å². The topological polar surface area (TPSA) is 75.4 Å². The van der Waals surface area contributed by atoms with Crippen molar-refractivity contribution in [3.8, 4) is 0 Å². The van der Waals surface area contributed by atoms with Gasteiger partial charge in [0.2, 0.25) is 0 Å². The highest BCUT2D eigenvalue weighted by molar-refractivity contribution is 7.65. The number of benzene rings is 1. The number of quaternary nitrogens is 1. The molecule has 1 aliphatic rings. The molecule has 116 valence electrons. The van der Waals surface area contributed by atoms with Gasteiger partial charge < -0.3 is 5.21 Å². The second-order valence-electron chi connectivity index (χ2n) is 4.68. The predicted molar refractivity (Wildman–Crippen MR) is 74.3 cm³/mol. The maximum absolute atomic E-state index is 14.0. The zero-order chi connectivity index (χ0) is 15.6. The summed E-state index contributed by atoms with van der Waals surface area (Å²) in [6, 6.07) is 1.47. The molecule has 1 aliphatic heterocycles. The molecule has 0 aliphatic carbocycles. The van der Waals surface area contributed by atoms with Crippen LogP contribution in [0.3, 0.4) is 0 Å². The van der Waals surface area contributed by atoms with Crippen LogP contribution in [0.25, 0.3) is 0 Å². The average Bonchev–Trinajstić information content (AvgIpc) is 2.40. The summed E-state index contributed by atoms with van der Waals surface area (Å²) in [5.74, 6) is -1.81. The highest BCUT2D eigenvalue weighted by Crippen LogP contribution is 2.41. The number of nitrogens with zero attached hydrogens (tertiary/aromatic N) is 2. The van der Waals surface area contributed by atoms with Crippen molar-refractivity contribution in [3.63, 3.8) is 0 Å². The quantitative estimate of drug-likeness (QED) is 0.280. The number of halogens is 2. The number of non-ortho nitro benzene ring substituents is 1. The molecule has 1 heterocycles. The van der Waals surface area contributed by atoms with E-state index in [4.69, 9.17) is 4.84 Å². The standard InChI is InChI=1S/C12H15F2N2O4P/c1-2-20-16(19)3-5-21(6-4-16)12-10(13)7-9(15(17)18)8-11(12)14/h7-8H,2-6H2,1H3. The highest BCUT2D eigenvalue weighted by Gasteiger charge is 2.32. The molecular weight excluding hydrogens is 305 g/mol. The van der Waals surface area contributed by atoms with Crippen LogP contribution >= 0.6 is 7.92 Å². The van der Waals surface area contributed by atoms with Crippen LogP contribution in [0.15, 0.2) is 12.1 Å². The van der Waals surface area contributed by atoms with E-state index < -0.39 is 35.0 Å². The van der Waals surface area contributed by atoms with Crippen molar-refractivity contribution in [2.24, 2.45) is 0 Å². The van der Waals surface area contributed by atoms with Crippen molar-refractivity contribution in [2.75, 3.05) is 32.0 Å². The first-order valence-corrected chi connectivity index (χ1v) is 8.18. The number of hydrogen-bond acceptors (Lipinski definition) is 4. The Balaban J connectivity index is 2.19. The van der Waals surface area contributed by atoms with Crippen LogP contribution in [-0.2, 0) is 4.84 Å². The largest absolute Gasteiger partial charge is 0.598 e. The second-order valence-corrected chi connectivity index (χ2v) is 7.10. The molecule has 0 radical (unpaired) electrons. The van der Waals surface area contributed by atoms with Gasteiger partial charge in [0, 0.05) is 17.6 Å². The van der Waals surface area contributed by atoms with Crippen molar-refractivity contribution in [2.45, 2.75) is 6.92 Å². The van der Waals surface area contributed by atoms with Crippen LogP contribution in [0.1, 0.15) is 6.92 Å². The Morgan fingerprint density at radius 3 is 2.29 bits per heavy atom. The summed E-state index contributed by atoms with van der Waals surface area (Å²) in [7, 11) is -1.18. The molecule has 0 saturated carbocycles.